The van der Waals surface area contributed by atoms with Crippen LogP contribution in [0.3, 0.4) is 0 Å². The van der Waals surface area contributed by atoms with Crippen molar-refractivity contribution in [1.29, 1.82) is 0 Å². The number of fused-ring (bicyclic) bond motifs is 2. The summed E-state index contributed by atoms with van der Waals surface area (Å²) in [6, 6.07) is 0. The third-order valence-electron chi connectivity index (χ3n) is 3.52. The summed E-state index contributed by atoms with van der Waals surface area (Å²) in [6.07, 6.45) is 5.82. The molecule has 0 aromatic heterocycles. The van der Waals surface area contributed by atoms with Crippen LogP contribution in [0, 0.1) is 23.7 Å². The number of allylic oxidation sites excluding steroid dienone is 2. The highest BCUT2D eigenvalue weighted by Crippen LogP contribution is 2.47. The first-order valence-corrected chi connectivity index (χ1v) is 5.23. The Balaban J connectivity index is 1.97. The Labute approximate surface area is 79.6 Å². The molecule has 2 nitrogen and oxygen atoms in total. The molecule has 0 amide bonds. The molecule has 0 spiro atoms. The molecule has 0 unspecified atom stereocenters. The summed E-state index contributed by atoms with van der Waals surface area (Å²) in [5.41, 5.74) is 0. The fourth-order valence-corrected chi connectivity index (χ4v) is 2.80. The fourth-order valence-electron chi connectivity index (χ4n) is 2.80. The number of hydrogen-bond donors (Lipinski definition) is 1. The van der Waals surface area contributed by atoms with Gasteiger partial charge in [-0.3, -0.25) is 0 Å². The van der Waals surface area contributed by atoms with Gasteiger partial charge in [0.1, 0.15) is 0 Å². The van der Waals surface area contributed by atoms with E-state index in [9.17, 15) is 5.11 Å². The van der Waals surface area contributed by atoms with Crippen molar-refractivity contribution in [3.05, 3.63) is 12.2 Å². The second-order valence-corrected chi connectivity index (χ2v) is 4.12. The molecule has 0 heterocycles. The molecule has 4 atom stereocenters. The zero-order valence-corrected chi connectivity index (χ0v) is 8.15. The van der Waals surface area contributed by atoms with E-state index in [4.69, 9.17) is 4.74 Å². The van der Waals surface area contributed by atoms with E-state index in [0.717, 1.165) is 13.2 Å². The average Bonchev–Trinajstić information content (AvgIpc) is 2.73. The van der Waals surface area contributed by atoms with Crippen molar-refractivity contribution in [3.8, 4) is 0 Å². The molecule has 2 aliphatic rings. The van der Waals surface area contributed by atoms with Crippen LogP contribution in [0.15, 0.2) is 12.2 Å². The van der Waals surface area contributed by atoms with Gasteiger partial charge in [-0.2, -0.15) is 0 Å². The van der Waals surface area contributed by atoms with Gasteiger partial charge in [0.15, 0.2) is 0 Å². The summed E-state index contributed by atoms with van der Waals surface area (Å²) in [7, 11) is 0. The summed E-state index contributed by atoms with van der Waals surface area (Å²) < 4.78 is 5.46. The molecular formula is C11H18O2. The molecule has 2 heteroatoms. The van der Waals surface area contributed by atoms with Crippen molar-refractivity contribution in [2.75, 3.05) is 19.8 Å². The van der Waals surface area contributed by atoms with Crippen molar-refractivity contribution in [2.24, 2.45) is 23.7 Å². The second-order valence-electron chi connectivity index (χ2n) is 4.12. The van der Waals surface area contributed by atoms with E-state index in [2.05, 4.69) is 12.2 Å². The predicted molar refractivity (Wildman–Crippen MR) is 51.3 cm³/mol. The maximum atomic E-state index is 9.27. The van der Waals surface area contributed by atoms with Crippen LogP contribution in [0.1, 0.15) is 13.3 Å². The Bertz CT molecular complexity index is 200. The maximum absolute atomic E-state index is 9.27. The molecule has 1 fully saturated rings. The van der Waals surface area contributed by atoms with E-state index in [1.165, 1.54) is 6.42 Å². The molecule has 2 bridgehead atoms. The van der Waals surface area contributed by atoms with E-state index < -0.39 is 0 Å². The highest BCUT2D eigenvalue weighted by atomic mass is 16.5. The Morgan fingerprint density at radius 1 is 1.31 bits per heavy atom. The van der Waals surface area contributed by atoms with Crippen LogP contribution in [0.25, 0.3) is 0 Å². The van der Waals surface area contributed by atoms with Crippen LogP contribution in [-0.2, 0) is 4.74 Å². The topological polar surface area (TPSA) is 29.5 Å². The SMILES string of the molecule is CCOC[C@H]1[C@@H](CO)[C@H]2C=C[C@H]1C2. The summed E-state index contributed by atoms with van der Waals surface area (Å²) in [5.74, 6) is 2.33. The first-order chi connectivity index (χ1) is 6.36. The Kier molecular flexibility index (Phi) is 2.70. The van der Waals surface area contributed by atoms with E-state index >= 15 is 0 Å². The van der Waals surface area contributed by atoms with Gasteiger partial charge in [0.05, 0.1) is 6.61 Å². The molecule has 0 radical (unpaired) electrons. The molecule has 0 saturated heterocycles. The lowest BCUT2D eigenvalue weighted by molar-refractivity contribution is 0.0601. The Morgan fingerprint density at radius 3 is 2.62 bits per heavy atom. The summed E-state index contributed by atoms with van der Waals surface area (Å²) in [4.78, 5) is 0. The Hall–Kier alpha value is -0.340. The van der Waals surface area contributed by atoms with Crippen LogP contribution in [-0.4, -0.2) is 24.9 Å². The lowest BCUT2D eigenvalue weighted by atomic mass is 9.84. The summed E-state index contributed by atoms with van der Waals surface area (Å²) >= 11 is 0. The second kappa shape index (κ2) is 3.81. The van der Waals surface area contributed by atoms with Gasteiger partial charge in [0.2, 0.25) is 0 Å². The monoisotopic (exact) mass is 182 g/mol. The lowest BCUT2D eigenvalue weighted by Crippen LogP contribution is -2.26. The zero-order valence-electron chi connectivity index (χ0n) is 8.15. The zero-order chi connectivity index (χ0) is 9.26. The number of aliphatic hydroxyl groups excluding tert-OH is 1. The van der Waals surface area contributed by atoms with E-state index in [1.54, 1.807) is 0 Å². The van der Waals surface area contributed by atoms with Crippen LogP contribution < -0.4 is 0 Å². The van der Waals surface area contributed by atoms with Crippen molar-refractivity contribution in [2.45, 2.75) is 13.3 Å². The van der Waals surface area contributed by atoms with Gasteiger partial charge >= 0.3 is 0 Å². The molecule has 1 N–H and O–H groups in total. The normalized spacial score (nSPS) is 41.7. The van der Waals surface area contributed by atoms with Crippen LogP contribution >= 0.6 is 0 Å². The molecule has 0 aromatic rings. The Morgan fingerprint density at radius 2 is 2.00 bits per heavy atom. The molecule has 2 aliphatic carbocycles. The third kappa shape index (κ3) is 1.53. The van der Waals surface area contributed by atoms with Gasteiger partial charge < -0.3 is 9.84 Å². The molecule has 0 aliphatic heterocycles. The van der Waals surface area contributed by atoms with Crippen LogP contribution in [0.4, 0.5) is 0 Å². The molecule has 13 heavy (non-hydrogen) atoms. The quantitative estimate of drug-likeness (QED) is 0.667. The standard InChI is InChI=1S/C11H18O2/c1-2-13-7-11-9-4-3-8(5-9)10(11)6-12/h3-4,8-12H,2,5-7H2,1H3/t8-,9-,10-,11+/m0/s1. The summed E-state index contributed by atoms with van der Waals surface area (Å²) in [6.45, 7) is 3.96. The minimum absolute atomic E-state index is 0.323. The molecule has 0 aromatic carbocycles. The average molecular weight is 182 g/mol. The third-order valence-corrected chi connectivity index (χ3v) is 3.52. The van der Waals surface area contributed by atoms with E-state index in [1.807, 2.05) is 6.92 Å². The first-order valence-electron chi connectivity index (χ1n) is 5.23. The molecule has 2 rings (SSSR count). The smallest absolute Gasteiger partial charge is 0.0503 e. The predicted octanol–water partition coefficient (Wildman–Crippen LogP) is 1.45. The number of aliphatic hydroxyl groups is 1. The highest BCUT2D eigenvalue weighted by molar-refractivity contribution is 5.13. The van der Waals surface area contributed by atoms with E-state index in [0.29, 0.717) is 30.3 Å². The van der Waals surface area contributed by atoms with Crippen LogP contribution in [0.2, 0.25) is 0 Å². The van der Waals surface area contributed by atoms with Gasteiger partial charge in [-0.25, -0.2) is 0 Å². The van der Waals surface area contributed by atoms with Gasteiger partial charge in [-0.15, -0.1) is 0 Å². The highest BCUT2D eigenvalue weighted by Gasteiger charge is 2.43. The molecule has 1 saturated carbocycles. The summed E-state index contributed by atoms with van der Waals surface area (Å²) in [5, 5.41) is 9.27. The minimum Gasteiger partial charge on any atom is -0.396 e. The molecule has 74 valence electrons. The number of hydrogen-bond acceptors (Lipinski definition) is 2. The van der Waals surface area contributed by atoms with Crippen molar-refractivity contribution in [1.82, 2.24) is 0 Å². The van der Waals surface area contributed by atoms with Gasteiger partial charge in [-0.05, 0) is 37.0 Å². The molecular weight excluding hydrogens is 164 g/mol. The first kappa shape index (κ1) is 9.22. The van der Waals surface area contributed by atoms with Gasteiger partial charge in [0, 0.05) is 13.2 Å². The van der Waals surface area contributed by atoms with Crippen molar-refractivity contribution >= 4 is 0 Å². The largest absolute Gasteiger partial charge is 0.396 e. The number of rotatable bonds is 4. The van der Waals surface area contributed by atoms with Crippen molar-refractivity contribution in [3.63, 3.8) is 0 Å². The maximum Gasteiger partial charge on any atom is 0.0503 e. The lowest BCUT2D eigenvalue weighted by Gasteiger charge is -2.25. The minimum atomic E-state index is 0.323. The number of ether oxygens (including phenoxy) is 1. The van der Waals surface area contributed by atoms with E-state index in [-0.39, 0.29) is 0 Å². The van der Waals surface area contributed by atoms with Crippen LogP contribution in [0.5, 0.6) is 0 Å². The van der Waals surface area contributed by atoms with Gasteiger partial charge in [-0.1, -0.05) is 12.2 Å². The van der Waals surface area contributed by atoms with Crippen molar-refractivity contribution < 1.29 is 9.84 Å². The fraction of sp³-hybridized carbons (Fsp3) is 0.818. The van der Waals surface area contributed by atoms with Gasteiger partial charge in [0.25, 0.3) is 0 Å².